The van der Waals surface area contributed by atoms with Gasteiger partial charge >= 0.3 is 0 Å². The van der Waals surface area contributed by atoms with Gasteiger partial charge in [-0.2, -0.15) is 0 Å². The average molecular weight is 272 g/mol. The molecule has 4 N–H and O–H groups in total. The van der Waals surface area contributed by atoms with Gasteiger partial charge in [-0.25, -0.2) is 4.68 Å². The average Bonchev–Trinajstić information content (AvgIpc) is 2.74. The van der Waals surface area contributed by atoms with Crippen LogP contribution in [0.4, 0.5) is 11.4 Å². The lowest BCUT2D eigenvalue weighted by Gasteiger charge is -2.16. The zero-order valence-corrected chi connectivity index (χ0v) is 11.5. The van der Waals surface area contributed by atoms with Crippen molar-refractivity contribution in [2.45, 2.75) is 44.6 Å². The minimum absolute atomic E-state index is 0.374. The standard InChI is InChI=1S/C14H20N6/c15-10-7-8-12(13(16)9-10)14-17-18-19-20(14)11-5-3-1-2-4-6-11/h7-9,11H,1-6,15-16H2. The molecule has 106 valence electrons. The number of aromatic nitrogens is 4. The Morgan fingerprint density at radius 3 is 2.50 bits per heavy atom. The zero-order chi connectivity index (χ0) is 13.9. The fraction of sp³-hybridized carbons (Fsp3) is 0.500. The Morgan fingerprint density at radius 2 is 1.80 bits per heavy atom. The third-order valence-electron chi connectivity index (χ3n) is 3.98. The van der Waals surface area contributed by atoms with Crippen LogP contribution in [0, 0.1) is 0 Å². The van der Waals surface area contributed by atoms with Crippen molar-refractivity contribution in [1.82, 2.24) is 20.2 Å². The molecule has 1 aromatic carbocycles. The molecule has 1 fully saturated rings. The molecule has 0 bridgehead atoms. The summed E-state index contributed by atoms with van der Waals surface area (Å²) in [5.41, 5.74) is 13.9. The Labute approximate surface area is 118 Å². The van der Waals surface area contributed by atoms with E-state index in [9.17, 15) is 0 Å². The molecule has 0 amide bonds. The molecule has 3 rings (SSSR count). The van der Waals surface area contributed by atoms with Gasteiger partial charge in [-0.05, 0) is 41.5 Å². The van der Waals surface area contributed by atoms with Gasteiger partial charge in [0.1, 0.15) is 0 Å². The van der Waals surface area contributed by atoms with Crippen molar-refractivity contribution in [2.24, 2.45) is 0 Å². The van der Waals surface area contributed by atoms with E-state index in [2.05, 4.69) is 15.5 Å². The second kappa shape index (κ2) is 5.48. The summed E-state index contributed by atoms with van der Waals surface area (Å²) in [5, 5.41) is 12.2. The molecule has 1 saturated carbocycles. The first-order valence-corrected chi connectivity index (χ1v) is 7.19. The maximum atomic E-state index is 6.05. The van der Waals surface area contributed by atoms with Crippen LogP contribution in [0.3, 0.4) is 0 Å². The summed E-state index contributed by atoms with van der Waals surface area (Å²) in [6, 6.07) is 5.85. The lowest BCUT2D eigenvalue weighted by molar-refractivity contribution is 0.400. The Hall–Kier alpha value is -2.11. The van der Waals surface area contributed by atoms with Crippen molar-refractivity contribution in [1.29, 1.82) is 0 Å². The normalized spacial score (nSPS) is 17.0. The van der Waals surface area contributed by atoms with Crippen LogP contribution in [0.15, 0.2) is 18.2 Å². The molecule has 0 spiro atoms. The molecule has 6 nitrogen and oxygen atoms in total. The third kappa shape index (κ3) is 2.45. The largest absolute Gasteiger partial charge is 0.399 e. The molecule has 1 aliphatic rings. The van der Waals surface area contributed by atoms with Crippen molar-refractivity contribution in [2.75, 3.05) is 11.5 Å². The van der Waals surface area contributed by atoms with Crippen molar-refractivity contribution in [3.05, 3.63) is 18.2 Å². The van der Waals surface area contributed by atoms with Gasteiger partial charge in [0.15, 0.2) is 5.82 Å². The number of anilines is 2. The van der Waals surface area contributed by atoms with Gasteiger partial charge in [-0.1, -0.05) is 25.7 Å². The Balaban J connectivity index is 1.96. The highest BCUT2D eigenvalue weighted by atomic mass is 15.5. The van der Waals surface area contributed by atoms with Crippen LogP contribution in [0.25, 0.3) is 11.4 Å². The predicted molar refractivity (Wildman–Crippen MR) is 78.8 cm³/mol. The highest BCUT2D eigenvalue weighted by Crippen LogP contribution is 2.32. The van der Waals surface area contributed by atoms with Gasteiger partial charge in [0.05, 0.1) is 6.04 Å². The van der Waals surface area contributed by atoms with E-state index < -0.39 is 0 Å². The SMILES string of the molecule is Nc1ccc(-c2nnnn2C2CCCCCC2)c(N)c1. The van der Waals surface area contributed by atoms with Crippen LogP contribution in [0.2, 0.25) is 0 Å². The molecule has 0 aliphatic heterocycles. The molecule has 1 aliphatic carbocycles. The molecule has 2 aromatic rings. The molecule has 0 atom stereocenters. The summed E-state index contributed by atoms with van der Waals surface area (Å²) in [6.45, 7) is 0. The van der Waals surface area contributed by atoms with E-state index in [1.54, 1.807) is 6.07 Å². The fourth-order valence-corrected chi connectivity index (χ4v) is 2.90. The second-order valence-electron chi connectivity index (χ2n) is 5.44. The lowest BCUT2D eigenvalue weighted by atomic mass is 10.1. The minimum Gasteiger partial charge on any atom is -0.399 e. The van der Waals surface area contributed by atoms with E-state index in [0.717, 1.165) is 24.2 Å². The van der Waals surface area contributed by atoms with E-state index >= 15 is 0 Å². The van der Waals surface area contributed by atoms with E-state index in [4.69, 9.17) is 11.5 Å². The molecule has 0 unspecified atom stereocenters. The van der Waals surface area contributed by atoms with E-state index in [-0.39, 0.29) is 0 Å². The maximum Gasteiger partial charge on any atom is 0.184 e. The van der Waals surface area contributed by atoms with Gasteiger partial charge in [-0.15, -0.1) is 5.10 Å². The summed E-state index contributed by atoms with van der Waals surface area (Å²) in [5.74, 6) is 0.745. The molecule has 1 heterocycles. The highest BCUT2D eigenvalue weighted by Gasteiger charge is 2.21. The van der Waals surface area contributed by atoms with Gasteiger partial charge in [0, 0.05) is 16.9 Å². The molecule has 0 saturated heterocycles. The number of nitrogens with two attached hydrogens (primary N) is 2. The first kappa shape index (κ1) is 12.9. The van der Waals surface area contributed by atoms with Crippen LogP contribution in [-0.4, -0.2) is 20.2 Å². The number of nitrogen functional groups attached to an aromatic ring is 2. The molecular weight excluding hydrogens is 252 g/mol. The van der Waals surface area contributed by atoms with E-state index in [0.29, 0.717) is 17.4 Å². The van der Waals surface area contributed by atoms with Crippen LogP contribution in [-0.2, 0) is 0 Å². The maximum absolute atomic E-state index is 6.05. The van der Waals surface area contributed by atoms with Crippen molar-refractivity contribution >= 4 is 11.4 Å². The Bertz CT molecular complexity index is 583. The van der Waals surface area contributed by atoms with Crippen LogP contribution in [0.5, 0.6) is 0 Å². The summed E-state index contributed by atoms with van der Waals surface area (Å²) < 4.78 is 1.94. The van der Waals surface area contributed by atoms with Crippen LogP contribution >= 0.6 is 0 Å². The van der Waals surface area contributed by atoms with E-state index in [1.165, 1.54) is 25.7 Å². The lowest BCUT2D eigenvalue weighted by Crippen LogP contribution is -2.12. The first-order chi connectivity index (χ1) is 9.75. The first-order valence-electron chi connectivity index (χ1n) is 7.19. The van der Waals surface area contributed by atoms with Gasteiger partial charge in [-0.3, -0.25) is 0 Å². The third-order valence-corrected chi connectivity index (χ3v) is 3.98. The summed E-state index contributed by atoms with van der Waals surface area (Å²) in [4.78, 5) is 0. The number of rotatable bonds is 2. The molecule has 6 heteroatoms. The minimum atomic E-state index is 0.374. The summed E-state index contributed by atoms with van der Waals surface area (Å²) in [6.07, 6.45) is 7.35. The van der Waals surface area contributed by atoms with Gasteiger partial charge in [0.25, 0.3) is 0 Å². The molecule has 0 radical (unpaired) electrons. The number of hydrogen-bond acceptors (Lipinski definition) is 5. The smallest absolute Gasteiger partial charge is 0.184 e. The van der Waals surface area contributed by atoms with Crippen LogP contribution < -0.4 is 11.5 Å². The predicted octanol–water partition coefficient (Wildman–Crippen LogP) is 2.40. The van der Waals surface area contributed by atoms with Gasteiger partial charge in [0.2, 0.25) is 0 Å². The van der Waals surface area contributed by atoms with Crippen molar-refractivity contribution in [3.8, 4) is 11.4 Å². The fourth-order valence-electron chi connectivity index (χ4n) is 2.90. The number of nitrogens with zero attached hydrogens (tertiary/aromatic N) is 4. The Morgan fingerprint density at radius 1 is 1.05 bits per heavy atom. The summed E-state index contributed by atoms with van der Waals surface area (Å²) in [7, 11) is 0. The topological polar surface area (TPSA) is 95.6 Å². The number of tetrazole rings is 1. The van der Waals surface area contributed by atoms with Crippen molar-refractivity contribution in [3.63, 3.8) is 0 Å². The monoisotopic (exact) mass is 272 g/mol. The summed E-state index contributed by atoms with van der Waals surface area (Å²) >= 11 is 0. The molecule has 20 heavy (non-hydrogen) atoms. The molecule has 1 aromatic heterocycles. The number of hydrogen-bond donors (Lipinski definition) is 2. The molecular formula is C14H20N6. The van der Waals surface area contributed by atoms with Gasteiger partial charge < -0.3 is 11.5 Å². The van der Waals surface area contributed by atoms with Crippen molar-refractivity contribution < 1.29 is 0 Å². The zero-order valence-electron chi connectivity index (χ0n) is 11.5. The van der Waals surface area contributed by atoms with E-state index in [1.807, 2.05) is 16.8 Å². The Kier molecular flexibility index (Phi) is 3.54. The highest BCUT2D eigenvalue weighted by molar-refractivity contribution is 5.74. The second-order valence-corrected chi connectivity index (χ2v) is 5.44. The quantitative estimate of drug-likeness (QED) is 0.646. The number of benzene rings is 1. The van der Waals surface area contributed by atoms with Crippen LogP contribution in [0.1, 0.15) is 44.6 Å².